The number of hydrogen-bond donors (Lipinski definition) is 2. The molecule has 13 heavy (non-hydrogen) atoms. The normalized spacial score (nSPS) is 15.8. The van der Waals surface area contributed by atoms with Gasteiger partial charge in [-0.15, -0.1) is 0 Å². The van der Waals surface area contributed by atoms with E-state index < -0.39 is 0 Å². The lowest BCUT2D eigenvalue weighted by Crippen LogP contribution is -2.02. The van der Waals surface area contributed by atoms with E-state index >= 15 is 0 Å². The third-order valence-corrected chi connectivity index (χ3v) is 1.96. The molecule has 0 bridgehead atoms. The van der Waals surface area contributed by atoms with Crippen LogP contribution in [0.1, 0.15) is 18.4 Å². The molecule has 0 atom stereocenters. The van der Waals surface area contributed by atoms with E-state index in [0.29, 0.717) is 23.2 Å². The Morgan fingerprint density at radius 1 is 1.62 bits per heavy atom. The van der Waals surface area contributed by atoms with Gasteiger partial charge < -0.3 is 15.6 Å². The van der Waals surface area contributed by atoms with Gasteiger partial charge in [0.15, 0.2) is 0 Å². The van der Waals surface area contributed by atoms with Crippen molar-refractivity contribution in [3.8, 4) is 5.75 Å². The number of nitrogens with zero attached hydrogens (tertiary/aromatic N) is 1. The fourth-order valence-electron chi connectivity index (χ4n) is 1.10. The van der Waals surface area contributed by atoms with Gasteiger partial charge in [0, 0.05) is 5.56 Å². The van der Waals surface area contributed by atoms with E-state index in [1.165, 1.54) is 0 Å². The summed E-state index contributed by atoms with van der Waals surface area (Å²) in [5, 5.41) is 9.01. The number of nitrogens with two attached hydrogens (primary N) is 1. The van der Waals surface area contributed by atoms with Gasteiger partial charge >= 0.3 is 0 Å². The SMILES string of the molecule is Nc1cc(CO)c(OC2CC2)cn1. The number of aliphatic hydroxyl groups is 1. The summed E-state index contributed by atoms with van der Waals surface area (Å²) in [5.74, 6) is 1.06. The lowest BCUT2D eigenvalue weighted by molar-refractivity contribution is 0.257. The maximum atomic E-state index is 9.01. The molecule has 1 aromatic heterocycles. The van der Waals surface area contributed by atoms with Crippen molar-refractivity contribution in [1.82, 2.24) is 4.98 Å². The quantitative estimate of drug-likeness (QED) is 0.718. The monoisotopic (exact) mass is 180 g/mol. The molecule has 70 valence electrons. The summed E-state index contributed by atoms with van der Waals surface area (Å²) >= 11 is 0. The summed E-state index contributed by atoms with van der Waals surface area (Å²) in [4.78, 5) is 3.91. The molecule has 1 fully saturated rings. The molecule has 0 aromatic carbocycles. The number of ether oxygens (including phenoxy) is 1. The van der Waals surface area contributed by atoms with Crippen LogP contribution in [0.4, 0.5) is 5.82 Å². The third-order valence-electron chi connectivity index (χ3n) is 1.96. The molecule has 4 heteroatoms. The molecule has 4 nitrogen and oxygen atoms in total. The Morgan fingerprint density at radius 2 is 2.38 bits per heavy atom. The van der Waals surface area contributed by atoms with Crippen molar-refractivity contribution < 1.29 is 9.84 Å². The Bertz CT molecular complexity index is 310. The molecule has 0 aliphatic heterocycles. The van der Waals surface area contributed by atoms with Crippen LogP contribution in [-0.4, -0.2) is 16.2 Å². The van der Waals surface area contributed by atoms with Crippen molar-refractivity contribution >= 4 is 5.82 Å². The first kappa shape index (κ1) is 8.31. The van der Waals surface area contributed by atoms with Crippen LogP contribution in [0.5, 0.6) is 5.75 Å². The Hall–Kier alpha value is -1.29. The van der Waals surface area contributed by atoms with Crippen molar-refractivity contribution in [2.24, 2.45) is 0 Å². The van der Waals surface area contributed by atoms with E-state index in [0.717, 1.165) is 12.8 Å². The van der Waals surface area contributed by atoms with E-state index in [2.05, 4.69) is 4.98 Å². The maximum absolute atomic E-state index is 9.01. The van der Waals surface area contributed by atoms with Crippen molar-refractivity contribution in [2.75, 3.05) is 5.73 Å². The molecule has 1 saturated carbocycles. The lowest BCUT2D eigenvalue weighted by Gasteiger charge is -2.08. The summed E-state index contributed by atoms with van der Waals surface area (Å²) in [6, 6.07) is 1.64. The molecular formula is C9H12N2O2. The highest BCUT2D eigenvalue weighted by atomic mass is 16.5. The molecule has 1 heterocycles. The minimum Gasteiger partial charge on any atom is -0.488 e. The molecule has 1 aromatic rings. The highest BCUT2D eigenvalue weighted by Crippen LogP contribution is 2.29. The highest BCUT2D eigenvalue weighted by molar-refractivity contribution is 5.40. The second-order valence-electron chi connectivity index (χ2n) is 3.19. The van der Waals surface area contributed by atoms with Gasteiger partial charge in [0.25, 0.3) is 0 Å². The molecule has 0 amide bonds. The fraction of sp³-hybridized carbons (Fsp3) is 0.444. The number of aliphatic hydroxyl groups excluding tert-OH is 1. The Kier molecular flexibility index (Phi) is 2.06. The second kappa shape index (κ2) is 3.22. The highest BCUT2D eigenvalue weighted by Gasteiger charge is 2.24. The topological polar surface area (TPSA) is 68.4 Å². The summed E-state index contributed by atoms with van der Waals surface area (Å²) in [6.07, 6.45) is 4.07. The van der Waals surface area contributed by atoms with Crippen LogP contribution in [-0.2, 0) is 6.61 Å². The zero-order chi connectivity index (χ0) is 9.26. The van der Waals surface area contributed by atoms with E-state index in [-0.39, 0.29) is 6.61 Å². The molecule has 2 rings (SSSR count). The first-order valence-corrected chi connectivity index (χ1v) is 4.31. The standard InChI is InChI=1S/C9H12N2O2/c10-9-3-6(5-12)8(4-11-9)13-7-1-2-7/h3-4,7,12H,1-2,5H2,(H2,10,11). The molecule has 0 spiro atoms. The van der Waals surface area contributed by atoms with E-state index in [9.17, 15) is 0 Å². The molecule has 0 radical (unpaired) electrons. The summed E-state index contributed by atoms with van der Waals surface area (Å²) in [6.45, 7) is -0.0607. The number of nitrogen functional groups attached to an aromatic ring is 1. The number of aromatic nitrogens is 1. The number of hydrogen-bond acceptors (Lipinski definition) is 4. The molecule has 0 unspecified atom stereocenters. The van der Waals surface area contributed by atoms with Crippen LogP contribution in [0, 0.1) is 0 Å². The number of anilines is 1. The van der Waals surface area contributed by atoms with Gasteiger partial charge in [0.05, 0.1) is 18.9 Å². The van der Waals surface area contributed by atoms with Crippen LogP contribution in [0.3, 0.4) is 0 Å². The summed E-state index contributed by atoms with van der Waals surface area (Å²) < 4.78 is 5.52. The van der Waals surface area contributed by atoms with E-state index in [1.807, 2.05) is 0 Å². The largest absolute Gasteiger partial charge is 0.488 e. The average Bonchev–Trinajstić information content (AvgIpc) is 2.92. The van der Waals surface area contributed by atoms with Gasteiger partial charge in [-0.1, -0.05) is 0 Å². The van der Waals surface area contributed by atoms with Gasteiger partial charge in [-0.05, 0) is 18.9 Å². The van der Waals surface area contributed by atoms with Crippen molar-refractivity contribution in [3.05, 3.63) is 17.8 Å². The predicted octanol–water partition coefficient (Wildman–Crippen LogP) is 0.697. The van der Waals surface area contributed by atoms with Crippen LogP contribution in [0.2, 0.25) is 0 Å². The van der Waals surface area contributed by atoms with Gasteiger partial charge in [0.2, 0.25) is 0 Å². The molecule has 0 saturated heterocycles. The first-order valence-electron chi connectivity index (χ1n) is 4.31. The zero-order valence-corrected chi connectivity index (χ0v) is 7.23. The minimum atomic E-state index is -0.0607. The van der Waals surface area contributed by atoms with Crippen molar-refractivity contribution in [1.29, 1.82) is 0 Å². The third kappa shape index (κ3) is 1.89. The van der Waals surface area contributed by atoms with Gasteiger partial charge in [-0.2, -0.15) is 0 Å². The van der Waals surface area contributed by atoms with Crippen LogP contribution in [0.25, 0.3) is 0 Å². The summed E-state index contributed by atoms with van der Waals surface area (Å²) in [5.41, 5.74) is 6.18. The van der Waals surface area contributed by atoms with Crippen LogP contribution in [0.15, 0.2) is 12.3 Å². The van der Waals surface area contributed by atoms with E-state index in [1.54, 1.807) is 12.3 Å². The average molecular weight is 180 g/mol. The van der Waals surface area contributed by atoms with Crippen molar-refractivity contribution in [2.45, 2.75) is 25.6 Å². The molecule has 3 N–H and O–H groups in total. The first-order chi connectivity index (χ1) is 6.29. The molecule has 1 aliphatic carbocycles. The molecule has 1 aliphatic rings. The van der Waals surface area contributed by atoms with Gasteiger partial charge in [-0.25, -0.2) is 4.98 Å². The Labute approximate surface area is 76.4 Å². The minimum absolute atomic E-state index is 0.0607. The van der Waals surface area contributed by atoms with E-state index in [4.69, 9.17) is 15.6 Å². The summed E-state index contributed by atoms with van der Waals surface area (Å²) in [7, 11) is 0. The van der Waals surface area contributed by atoms with Gasteiger partial charge in [-0.3, -0.25) is 0 Å². The second-order valence-corrected chi connectivity index (χ2v) is 3.19. The Morgan fingerprint density at radius 3 is 3.00 bits per heavy atom. The lowest BCUT2D eigenvalue weighted by atomic mass is 10.2. The smallest absolute Gasteiger partial charge is 0.143 e. The Balaban J connectivity index is 2.21. The number of pyridine rings is 1. The predicted molar refractivity (Wildman–Crippen MR) is 48.2 cm³/mol. The fourth-order valence-corrected chi connectivity index (χ4v) is 1.10. The van der Waals surface area contributed by atoms with Crippen molar-refractivity contribution in [3.63, 3.8) is 0 Å². The number of rotatable bonds is 3. The molecular weight excluding hydrogens is 168 g/mol. The maximum Gasteiger partial charge on any atom is 0.143 e. The van der Waals surface area contributed by atoms with Crippen LogP contribution < -0.4 is 10.5 Å². The van der Waals surface area contributed by atoms with Gasteiger partial charge in [0.1, 0.15) is 11.6 Å². The van der Waals surface area contributed by atoms with Crippen LogP contribution >= 0.6 is 0 Å². The zero-order valence-electron chi connectivity index (χ0n) is 7.23.